The first-order chi connectivity index (χ1) is 9.06. The molecule has 1 heterocycles. The number of aromatic nitrogens is 3. The number of anilines is 1. The minimum Gasteiger partial charge on any atom is -0.324 e. The van der Waals surface area contributed by atoms with Crippen LogP contribution in [-0.2, 0) is 11.3 Å². The monoisotopic (exact) mass is 258 g/mol. The molecule has 19 heavy (non-hydrogen) atoms. The van der Waals surface area contributed by atoms with Crippen LogP contribution in [0, 0.1) is 6.92 Å². The van der Waals surface area contributed by atoms with Crippen molar-refractivity contribution in [3.05, 3.63) is 41.7 Å². The number of nitrogens with zero attached hydrogens (tertiary/aromatic N) is 3. The summed E-state index contributed by atoms with van der Waals surface area (Å²) in [5.74, 6) is -0.252. The van der Waals surface area contributed by atoms with E-state index in [2.05, 4.69) is 15.6 Å². The summed E-state index contributed by atoms with van der Waals surface area (Å²) in [6.45, 7) is 3.40. The lowest BCUT2D eigenvalue weighted by atomic mass is 10.1. The molecule has 0 saturated heterocycles. The molecule has 0 unspecified atom stereocenters. The van der Waals surface area contributed by atoms with Gasteiger partial charge in [-0.2, -0.15) is 0 Å². The SMILES string of the molecule is CC(=O)c1cccc(NC(=O)Cn2nncc2C)c1. The average Bonchev–Trinajstić information content (AvgIpc) is 2.75. The maximum atomic E-state index is 11.8. The molecule has 1 amide bonds. The van der Waals surface area contributed by atoms with Gasteiger partial charge in [0.2, 0.25) is 5.91 Å². The molecule has 0 aliphatic rings. The lowest BCUT2D eigenvalue weighted by Gasteiger charge is -2.07. The number of Topliss-reactive ketones (excluding diaryl/α,β-unsaturated/α-hetero) is 1. The van der Waals surface area contributed by atoms with Crippen LogP contribution in [0.2, 0.25) is 0 Å². The molecule has 1 aromatic heterocycles. The average molecular weight is 258 g/mol. The van der Waals surface area contributed by atoms with Gasteiger partial charge in [-0.25, -0.2) is 4.68 Å². The second-order valence-corrected chi connectivity index (χ2v) is 4.22. The summed E-state index contributed by atoms with van der Waals surface area (Å²) >= 11 is 0. The molecule has 0 bridgehead atoms. The largest absolute Gasteiger partial charge is 0.324 e. The van der Waals surface area contributed by atoms with Gasteiger partial charge in [0.05, 0.1) is 11.9 Å². The van der Waals surface area contributed by atoms with Gasteiger partial charge in [-0.05, 0) is 26.0 Å². The van der Waals surface area contributed by atoms with Gasteiger partial charge in [0, 0.05) is 11.3 Å². The van der Waals surface area contributed by atoms with Crippen LogP contribution in [0.15, 0.2) is 30.5 Å². The number of carbonyl (C=O) groups is 2. The van der Waals surface area contributed by atoms with Crippen molar-refractivity contribution >= 4 is 17.4 Å². The Kier molecular flexibility index (Phi) is 3.70. The number of benzene rings is 1. The third kappa shape index (κ3) is 3.25. The van der Waals surface area contributed by atoms with Gasteiger partial charge in [0.1, 0.15) is 6.54 Å². The summed E-state index contributed by atoms with van der Waals surface area (Å²) in [4.78, 5) is 23.1. The van der Waals surface area contributed by atoms with Crippen molar-refractivity contribution < 1.29 is 9.59 Å². The Labute approximate surface area is 110 Å². The first kappa shape index (κ1) is 12.9. The number of carbonyl (C=O) groups excluding carboxylic acids is 2. The van der Waals surface area contributed by atoms with Crippen LogP contribution in [0.5, 0.6) is 0 Å². The Hall–Kier alpha value is -2.50. The zero-order valence-electron chi connectivity index (χ0n) is 10.8. The highest BCUT2D eigenvalue weighted by Gasteiger charge is 2.07. The molecule has 0 aliphatic carbocycles. The first-order valence-electron chi connectivity index (χ1n) is 5.82. The van der Waals surface area contributed by atoms with Gasteiger partial charge in [-0.1, -0.05) is 17.3 Å². The van der Waals surface area contributed by atoms with Crippen molar-refractivity contribution in [1.82, 2.24) is 15.0 Å². The Bertz CT molecular complexity index is 619. The summed E-state index contributed by atoms with van der Waals surface area (Å²) in [7, 11) is 0. The van der Waals surface area contributed by atoms with E-state index in [0.717, 1.165) is 5.69 Å². The van der Waals surface area contributed by atoms with Crippen molar-refractivity contribution in [1.29, 1.82) is 0 Å². The lowest BCUT2D eigenvalue weighted by molar-refractivity contribution is -0.117. The number of ketones is 1. The van der Waals surface area contributed by atoms with Crippen LogP contribution in [0.3, 0.4) is 0 Å². The van der Waals surface area contributed by atoms with Gasteiger partial charge in [0.15, 0.2) is 5.78 Å². The van der Waals surface area contributed by atoms with Crippen LogP contribution >= 0.6 is 0 Å². The number of hydrogen-bond acceptors (Lipinski definition) is 4. The standard InChI is InChI=1S/C13H14N4O2/c1-9-7-14-16-17(9)8-13(19)15-12-5-3-4-11(6-12)10(2)18/h3-7H,8H2,1-2H3,(H,15,19). The summed E-state index contributed by atoms with van der Waals surface area (Å²) in [5, 5.41) is 10.2. The number of amides is 1. The predicted octanol–water partition coefficient (Wildman–Crippen LogP) is 1.43. The topological polar surface area (TPSA) is 76.9 Å². The van der Waals surface area contributed by atoms with Crippen LogP contribution in [0.4, 0.5) is 5.69 Å². The van der Waals surface area contributed by atoms with Crippen LogP contribution in [-0.4, -0.2) is 26.7 Å². The van der Waals surface area contributed by atoms with E-state index in [0.29, 0.717) is 11.3 Å². The number of hydrogen-bond donors (Lipinski definition) is 1. The van der Waals surface area contributed by atoms with E-state index in [1.165, 1.54) is 11.6 Å². The molecule has 98 valence electrons. The quantitative estimate of drug-likeness (QED) is 0.841. The van der Waals surface area contributed by atoms with E-state index < -0.39 is 0 Å². The van der Waals surface area contributed by atoms with E-state index in [1.807, 2.05) is 6.92 Å². The Morgan fingerprint density at radius 3 is 2.79 bits per heavy atom. The highest BCUT2D eigenvalue weighted by Crippen LogP contribution is 2.11. The molecule has 0 aliphatic heterocycles. The zero-order chi connectivity index (χ0) is 13.8. The van der Waals surface area contributed by atoms with Crippen LogP contribution < -0.4 is 5.32 Å². The fourth-order valence-corrected chi connectivity index (χ4v) is 1.62. The summed E-state index contributed by atoms with van der Waals surface area (Å²) < 4.78 is 1.50. The molecule has 0 saturated carbocycles. The molecule has 2 aromatic rings. The van der Waals surface area contributed by atoms with Crippen molar-refractivity contribution in [2.75, 3.05) is 5.32 Å². The maximum Gasteiger partial charge on any atom is 0.246 e. The summed E-state index contributed by atoms with van der Waals surface area (Å²) in [5.41, 5.74) is 1.97. The Morgan fingerprint density at radius 2 is 2.16 bits per heavy atom. The van der Waals surface area contributed by atoms with E-state index in [1.54, 1.807) is 30.5 Å². The van der Waals surface area contributed by atoms with Gasteiger partial charge in [-0.3, -0.25) is 9.59 Å². The molecule has 1 N–H and O–H groups in total. The minimum atomic E-state index is -0.214. The highest BCUT2D eigenvalue weighted by molar-refractivity contribution is 5.97. The molecule has 0 spiro atoms. The van der Waals surface area contributed by atoms with E-state index in [4.69, 9.17) is 0 Å². The van der Waals surface area contributed by atoms with Gasteiger partial charge in [0.25, 0.3) is 0 Å². The lowest BCUT2D eigenvalue weighted by Crippen LogP contribution is -2.20. The number of rotatable bonds is 4. The molecule has 0 fully saturated rings. The highest BCUT2D eigenvalue weighted by atomic mass is 16.2. The zero-order valence-corrected chi connectivity index (χ0v) is 10.8. The van der Waals surface area contributed by atoms with Crippen molar-refractivity contribution in [2.45, 2.75) is 20.4 Å². The fraction of sp³-hybridized carbons (Fsp3) is 0.231. The van der Waals surface area contributed by atoms with E-state index >= 15 is 0 Å². The smallest absolute Gasteiger partial charge is 0.246 e. The molecular weight excluding hydrogens is 244 g/mol. The normalized spacial score (nSPS) is 10.2. The van der Waals surface area contributed by atoms with Gasteiger partial charge in [-0.15, -0.1) is 5.10 Å². The molecule has 0 atom stereocenters. The number of aryl methyl sites for hydroxylation is 1. The molecule has 0 radical (unpaired) electrons. The predicted molar refractivity (Wildman–Crippen MR) is 69.8 cm³/mol. The third-order valence-corrected chi connectivity index (χ3v) is 2.66. The minimum absolute atomic E-state index is 0.0387. The van der Waals surface area contributed by atoms with Crippen molar-refractivity contribution in [3.63, 3.8) is 0 Å². The number of nitrogens with one attached hydrogen (secondary N) is 1. The van der Waals surface area contributed by atoms with Crippen LogP contribution in [0.25, 0.3) is 0 Å². The van der Waals surface area contributed by atoms with Crippen molar-refractivity contribution in [3.8, 4) is 0 Å². The molecular formula is C13H14N4O2. The Balaban J connectivity index is 2.05. The van der Waals surface area contributed by atoms with E-state index in [-0.39, 0.29) is 18.2 Å². The second kappa shape index (κ2) is 5.43. The maximum absolute atomic E-state index is 11.8. The third-order valence-electron chi connectivity index (χ3n) is 2.66. The molecule has 2 rings (SSSR count). The molecule has 6 heteroatoms. The van der Waals surface area contributed by atoms with Crippen molar-refractivity contribution in [2.24, 2.45) is 0 Å². The molecule has 6 nitrogen and oxygen atoms in total. The first-order valence-corrected chi connectivity index (χ1v) is 5.82. The Morgan fingerprint density at radius 1 is 1.37 bits per heavy atom. The molecule has 1 aromatic carbocycles. The summed E-state index contributed by atoms with van der Waals surface area (Å²) in [6, 6.07) is 6.82. The fourth-order valence-electron chi connectivity index (χ4n) is 1.62. The summed E-state index contributed by atoms with van der Waals surface area (Å²) in [6.07, 6.45) is 1.59. The van der Waals surface area contributed by atoms with E-state index in [9.17, 15) is 9.59 Å². The van der Waals surface area contributed by atoms with Gasteiger partial charge >= 0.3 is 0 Å². The second-order valence-electron chi connectivity index (χ2n) is 4.22. The van der Waals surface area contributed by atoms with Crippen LogP contribution in [0.1, 0.15) is 23.0 Å². The van der Waals surface area contributed by atoms with Gasteiger partial charge < -0.3 is 5.32 Å².